The zero-order valence-corrected chi connectivity index (χ0v) is 14.5. The Labute approximate surface area is 135 Å². The molecule has 1 saturated carbocycles. The third kappa shape index (κ3) is 4.02. The number of alkyl halides is 1. The number of aryl methyl sites for hydroxylation is 2. The van der Waals surface area contributed by atoms with Crippen LogP contribution in [0.15, 0.2) is 6.07 Å². The monoisotopic (exact) mass is 353 g/mol. The van der Waals surface area contributed by atoms with E-state index in [0.29, 0.717) is 5.56 Å². The summed E-state index contributed by atoms with van der Waals surface area (Å²) in [6.07, 6.45) is 6.94. The summed E-state index contributed by atoms with van der Waals surface area (Å²) in [7, 11) is 0. The molecule has 1 aromatic rings. The van der Waals surface area contributed by atoms with E-state index in [1.165, 1.54) is 32.1 Å². The SMILES string of the molecule is CCc1nnc(C)cc1C(=O)NCC1(CBr)CCCCC1. The highest BCUT2D eigenvalue weighted by atomic mass is 79.9. The first-order valence-electron chi connectivity index (χ1n) is 7.77. The van der Waals surface area contributed by atoms with Gasteiger partial charge in [-0.2, -0.15) is 10.2 Å². The predicted molar refractivity (Wildman–Crippen MR) is 87.8 cm³/mol. The number of carbonyl (C=O) groups is 1. The van der Waals surface area contributed by atoms with E-state index >= 15 is 0 Å². The molecule has 0 unspecified atom stereocenters. The second-order valence-corrected chi connectivity index (χ2v) is 6.64. The van der Waals surface area contributed by atoms with Crippen LogP contribution in [0.1, 0.15) is 60.8 Å². The Balaban J connectivity index is 2.06. The molecule has 1 N–H and O–H groups in total. The Hall–Kier alpha value is -0.970. The molecular formula is C16H24BrN3O. The molecule has 1 fully saturated rings. The first kappa shape index (κ1) is 16.4. The number of hydrogen-bond donors (Lipinski definition) is 1. The van der Waals surface area contributed by atoms with Crippen molar-refractivity contribution in [2.45, 2.75) is 52.4 Å². The Morgan fingerprint density at radius 1 is 1.33 bits per heavy atom. The molecule has 0 atom stereocenters. The minimum atomic E-state index is -0.0178. The van der Waals surface area contributed by atoms with E-state index in [-0.39, 0.29) is 11.3 Å². The summed E-state index contributed by atoms with van der Waals surface area (Å²) in [6, 6.07) is 1.84. The van der Waals surface area contributed by atoms with Gasteiger partial charge in [-0.05, 0) is 37.7 Å². The number of nitrogens with zero attached hydrogens (tertiary/aromatic N) is 2. The highest BCUT2D eigenvalue weighted by molar-refractivity contribution is 9.09. The Morgan fingerprint density at radius 2 is 2.05 bits per heavy atom. The summed E-state index contributed by atoms with van der Waals surface area (Å²) in [5.41, 5.74) is 2.45. The van der Waals surface area contributed by atoms with Crippen molar-refractivity contribution in [3.63, 3.8) is 0 Å². The molecule has 1 aliphatic rings. The minimum Gasteiger partial charge on any atom is -0.351 e. The van der Waals surface area contributed by atoms with E-state index in [9.17, 15) is 4.79 Å². The summed E-state index contributed by atoms with van der Waals surface area (Å²) < 4.78 is 0. The van der Waals surface area contributed by atoms with Gasteiger partial charge in [-0.3, -0.25) is 4.79 Å². The standard InChI is InChI=1S/C16H24BrN3O/c1-3-14-13(9-12(2)19-20-14)15(21)18-11-16(10-17)7-5-4-6-8-16/h9H,3-8,10-11H2,1-2H3,(H,18,21). The summed E-state index contributed by atoms with van der Waals surface area (Å²) in [5, 5.41) is 12.2. The van der Waals surface area contributed by atoms with Gasteiger partial charge in [-0.1, -0.05) is 42.1 Å². The fraction of sp³-hybridized carbons (Fsp3) is 0.688. The van der Waals surface area contributed by atoms with Gasteiger partial charge < -0.3 is 5.32 Å². The molecule has 1 aliphatic carbocycles. The molecule has 5 heteroatoms. The third-order valence-electron chi connectivity index (χ3n) is 4.39. The lowest BCUT2D eigenvalue weighted by atomic mass is 9.75. The van der Waals surface area contributed by atoms with Gasteiger partial charge in [0.1, 0.15) is 0 Å². The van der Waals surface area contributed by atoms with E-state index in [2.05, 4.69) is 31.4 Å². The van der Waals surface area contributed by atoms with E-state index in [4.69, 9.17) is 0 Å². The fourth-order valence-corrected chi connectivity index (χ4v) is 3.75. The fourth-order valence-electron chi connectivity index (χ4n) is 2.99. The van der Waals surface area contributed by atoms with Gasteiger partial charge in [-0.15, -0.1) is 0 Å². The quantitative estimate of drug-likeness (QED) is 0.825. The molecule has 1 amide bonds. The summed E-state index contributed by atoms with van der Waals surface area (Å²) in [4.78, 5) is 12.5. The largest absolute Gasteiger partial charge is 0.351 e. The molecule has 1 heterocycles. The summed E-state index contributed by atoms with van der Waals surface area (Å²) in [5.74, 6) is -0.0178. The Bertz CT molecular complexity index is 498. The highest BCUT2D eigenvalue weighted by Crippen LogP contribution is 2.37. The number of rotatable bonds is 5. The van der Waals surface area contributed by atoms with Gasteiger partial charge in [-0.25, -0.2) is 0 Å². The zero-order chi connectivity index (χ0) is 15.3. The zero-order valence-electron chi connectivity index (χ0n) is 12.9. The molecule has 0 radical (unpaired) electrons. The van der Waals surface area contributed by atoms with E-state index in [1.54, 1.807) is 0 Å². The smallest absolute Gasteiger partial charge is 0.253 e. The van der Waals surface area contributed by atoms with Gasteiger partial charge in [0.2, 0.25) is 0 Å². The summed E-state index contributed by atoms with van der Waals surface area (Å²) in [6.45, 7) is 4.60. The van der Waals surface area contributed by atoms with Crippen molar-refractivity contribution in [1.82, 2.24) is 15.5 Å². The van der Waals surface area contributed by atoms with Crippen LogP contribution in [-0.2, 0) is 6.42 Å². The molecule has 116 valence electrons. The number of halogens is 1. The van der Waals surface area contributed by atoms with E-state index in [1.807, 2.05) is 19.9 Å². The predicted octanol–water partition coefficient (Wildman–Crippen LogP) is 3.42. The first-order valence-corrected chi connectivity index (χ1v) is 8.90. The first-order chi connectivity index (χ1) is 10.1. The normalized spacial score (nSPS) is 17.5. The van der Waals surface area contributed by atoms with Crippen LogP contribution in [0.4, 0.5) is 0 Å². The van der Waals surface area contributed by atoms with Crippen molar-refractivity contribution in [3.8, 4) is 0 Å². The van der Waals surface area contributed by atoms with Crippen LogP contribution in [0, 0.1) is 12.3 Å². The average molecular weight is 354 g/mol. The van der Waals surface area contributed by atoms with Crippen LogP contribution in [0.3, 0.4) is 0 Å². The van der Waals surface area contributed by atoms with E-state index < -0.39 is 0 Å². The number of hydrogen-bond acceptors (Lipinski definition) is 3. The molecule has 0 aliphatic heterocycles. The van der Waals surface area contributed by atoms with Crippen molar-refractivity contribution in [3.05, 3.63) is 23.0 Å². The summed E-state index contributed by atoms with van der Waals surface area (Å²) >= 11 is 3.64. The maximum Gasteiger partial charge on any atom is 0.253 e. The third-order valence-corrected chi connectivity index (χ3v) is 5.58. The van der Waals surface area contributed by atoms with Crippen LogP contribution in [-0.4, -0.2) is 28.0 Å². The molecule has 2 rings (SSSR count). The number of carbonyl (C=O) groups excluding carboxylic acids is 1. The molecule has 0 aromatic carbocycles. The molecule has 0 bridgehead atoms. The minimum absolute atomic E-state index is 0.0178. The van der Waals surface area contributed by atoms with Crippen LogP contribution >= 0.6 is 15.9 Å². The van der Waals surface area contributed by atoms with Gasteiger partial charge >= 0.3 is 0 Å². The van der Waals surface area contributed by atoms with Crippen molar-refractivity contribution >= 4 is 21.8 Å². The lowest BCUT2D eigenvalue weighted by Gasteiger charge is -2.35. The highest BCUT2D eigenvalue weighted by Gasteiger charge is 2.31. The van der Waals surface area contributed by atoms with Crippen LogP contribution in [0.25, 0.3) is 0 Å². The van der Waals surface area contributed by atoms with Crippen molar-refractivity contribution in [1.29, 1.82) is 0 Å². The maximum atomic E-state index is 12.5. The second kappa shape index (κ2) is 7.34. The van der Waals surface area contributed by atoms with Crippen molar-refractivity contribution < 1.29 is 4.79 Å². The molecule has 0 saturated heterocycles. The van der Waals surface area contributed by atoms with Crippen molar-refractivity contribution in [2.75, 3.05) is 11.9 Å². The molecular weight excluding hydrogens is 330 g/mol. The van der Waals surface area contributed by atoms with Crippen LogP contribution in [0.2, 0.25) is 0 Å². The topological polar surface area (TPSA) is 54.9 Å². The van der Waals surface area contributed by atoms with Gasteiger partial charge in [0.05, 0.1) is 17.0 Å². The lowest BCUT2D eigenvalue weighted by Crippen LogP contribution is -2.40. The number of amides is 1. The average Bonchev–Trinajstić information content (AvgIpc) is 2.53. The molecule has 4 nitrogen and oxygen atoms in total. The molecule has 0 spiro atoms. The second-order valence-electron chi connectivity index (χ2n) is 6.08. The Kier molecular flexibility index (Phi) is 5.73. The van der Waals surface area contributed by atoms with Crippen LogP contribution in [0.5, 0.6) is 0 Å². The van der Waals surface area contributed by atoms with Crippen LogP contribution < -0.4 is 5.32 Å². The maximum absolute atomic E-state index is 12.5. The van der Waals surface area contributed by atoms with Gasteiger partial charge in [0.25, 0.3) is 5.91 Å². The van der Waals surface area contributed by atoms with Gasteiger partial charge in [0.15, 0.2) is 0 Å². The number of aromatic nitrogens is 2. The number of nitrogens with one attached hydrogen (secondary N) is 1. The van der Waals surface area contributed by atoms with Gasteiger partial charge in [0, 0.05) is 11.9 Å². The van der Waals surface area contributed by atoms with E-state index in [0.717, 1.165) is 29.7 Å². The lowest BCUT2D eigenvalue weighted by molar-refractivity contribution is 0.0920. The Morgan fingerprint density at radius 3 is 2.67 bits per heavy atom. The van der Waals surface area contributed by atoms with Crippen molar-refractivity contribution in [2.24, 2.45) is 5.41 Å². The molecule has 21 heavy (non-hydrogen) atoms. The molecule has 1 aromatic heterocycles.